The number of carbonyl (C=O) groups is 1. The maximum Gasteiger partial charge on any atom is 0.146 e. The van der Waals surface area contributed by atoms with Crippen molar-refractivity contribution >= 4 is 12.4 Å². The predicted octanol–water partition coefficient (Wildman–Crippen LogP) is 1.83. The maximum atomic E-state index is 10.4. The summed E-state index contributed by atoms with van der Waals surface area (Å²) in [4.78, 5) is 10.4. The normalized spacial score (nSPS) is 14.0. The minimum Gasteiger partial charge on any atom is -0.298 e. The molecule has 0 saturated heterocycles. The Bertz CT molecular complexity index is 323. The van der Waals surface area contributed by atoms with Crippen LogP contribution in [-0.4, -0.2) is 6.29 Å². The molecule has 0 atom stereocenters. The second-order valence-corrected chi connectivity index (χ2v) is 2.71. The van der Waals surface area contributed by atoms with Gasteiger partial charge in [-0.1, -0.05) is 24.3 Å². The number of benzene rings is 1. The molecular formula is C10H8O. The van der Waals surface area contributed by atoms with Gasteiger partial charge in [-0.3, -0.25) is 4.79 Å². The number of aldehydes is 1. The third-order valence-corrected chi connectivity index (χ3v) is 1.94. The molecule has 0 aromatic heterocycles. The lowest BCUT2D eigenvalue weighted by molar-refractivity contribution is -0.104. The molecular weight excluding hydrogens is 136 g/mol. The molecule has 0 heterocycles. The van der Waals surface area contributed by atoms with E-state index in [1.165, 1.54) is 11.1 Å². The van der Waals surface area contributed by atoms with Crippen LogP contribution in [0.1, 0.15) is 11.1 Å². The molecule has 1 aliphatic rings. The van der Waals surface area contributed by atoms with Crippen molar-refractivity contribution in [3.63, 3.8) is 0 Å². The molecule has 1 heteroatoms. The summed E-state index contributed by atoms with van der Waals surface area (Å²) in [5, 5.41) is 0. The van der Waals surface area contributed by atoms with Gasteiger partial charge in [-0.15, -0.1) is 0 Å². The van der Waals surface area contributed by atoms with Gasteiger partial charge in [0, 0.05) is 6.42 Å². The molecule has 0 saturated carbocycles. The van der Waals surface area contributed by atoms with E-state index in [0.717, 1.165) is 18.3 Å². The molecule has 54 valence electrons. The van der Waals surface area contributed by atoms with Crippen molar-refractivity contribution in [3.8, 4) is 0 Å². The van der Waals surface area contributed by atoms with Crippen molar-refractivity contribution < 1.29 is 4.79 Å². The Morgan fingerprint density at radius 1 is 1.27 bits per heavy atom. The molecule has 0 fully saturated rings. The number of rotatable bonds is 1. The molecule has 1 nitrogen and oxygen atoms in total. The van der Waals surface area contributed by atoms with Gasteiger partial charge in [0.2, 0.25) is 0 Å². The quantitative estimate of drug-likeness (QED) is 0.549. The van der Waals surface area contributed by atoms with Crippen molar-refractivity contribution in [1.82, 2.24) is 0 Å². The van der Waals surface area contributed by atoms with E-state index in [1.54, 1.807) is 0 Å². The molecule has 2 rings (SSSR count). The van der Waals surface area contributed by atoms with E-state index in [4.69, 9.17) is 0 Å². The first-order valence-electron chi connectivity index (χ1n) is 3.64. The second kappa shape index (κ2) is 2.35. The molecule has 1 aromatic rings. The van der Waals surface area contributed by atoms with Crippen LogP contribution in [0.5, 0.6) is 0 Å². The van der Waals surface area contributed by atoms with Gasteiger partial charge in [-0.25, -0.2) is 0 Å². The summed E-state index contributed by atoms with van der Waals surface area (Å²) in [5.41, 5.74) is 3.33. The van der Waals surface area contributed by atoms with Crippen LogP contribution < -0.4 is 0 Å². The Hall–Kier alpha value is -1.37. The van der Waals surface area contributed by atoms with Gasteiger partial charge in [-0.05, 0) is 22.8 Å². The van der Waals surface area contributed by atoms with Crippen LogP contribution in [0.4, 0.5) is 0 Å². The summed E-state index contributed by atoms with van der Waals surface area (Å²) in [5.74, 6) is 0. The molecule has 0 spiro atoms. The minimum absolute atomic E-state index is 0.805. The Morgan fingerprint density at radius 2 is 2.09 bits per heavy atom. The summed E-state index contributed by atoms with van der Waals surface area (Å²) in [6, 6.07) is 8.08. The highest BCUT2D eigenvalue weighted by atomic mass is 16.1. The van der Waals surface area contributed by atoms with E-state index in [1.807, 2.05) is 24.3 Å². The smallest absolute Gasteiger partial charge is 0.146 e. The molecule has 0 bridgehead atoms. The molecule has 11 heavy (non-hydrogen) atoms. The SMILES string of the molecule is O=CC1=Cc2ccccc2C1. The van der Waals surface area contributed by atoms with Crippen molar-refractivity contribution in [2.45, 2.75) is 6.42 Å². The Kier molecular flexibility index (Phi) is 1.35. The number of hydrogen-bond acceptors (Lipinski definition) is 1. The second-order valence-electron chi connectivity index (χ2n) is 2.71. The average molecular weight is 144 g/mol. The molecule has 0 unspecified atom stereocenters. The zero-order valence-corrected chi connectivity index (χ0v) is 6.08. The van der Waals surface area contributed by atoms with Gasteiger partial charge in [-0.2, -0.15) is 0 Å². The Balaban J connectivity index is 2.47. The lowest BCUT2D eigenvalue weighted by Gasteiger charge is -1.93. The van der Waals surface area contributed by atoms with E-state index in [2.05, 4.69) is 6.07 Å². The highest BCUT2D eigenvalue weighted by molar-refractivity contribution is 5.86. The van der Waals surface area contributed by atoms with Crippen LogP contribution in [0, 0.1) is 0 Å². The van der Waals surface area contributed by atoms with Crippen LogP contribution >= 0.6 is 0 Å². The van der Waals surface area contributed by atoms with Crippen LogP contribution in [0.15, 0.2) is 29.8 Å². The van der Waals surface area contributed by atoms with Gasteiger partial charge >= 0.3 is 0 Å². The average Bonchev–Trinajstić information content (AvgIpc) is 2.46. The first-order valence-corrected chi connectivity index (χ1v) is 3.64. The lowest BCUT2D eigenvalue weighted by atomic mass is 10.1. The summed E-state index contributed by atoms with van der Waals surface area (Å²) in [6.07, 6.45) is 3.68. The zero-order valence-electron chi connectivity index (χ0n) is 6.08. The maximum absolute atomic E-state index is 10.4. The Morgan fingerprint density at radius 3 is 2.82 bits per heavy atom. The fourth-order valence-corrected chi connectivity index (χ4v) is 1.38. The number of hydrogen-bond donors (Lipinski definition) is 0. The predicted molar refractivity (Wildman–Crippen MR) is 44.2 cm³/mol. The van der Waals surface area contributed by atoms with E-state index < -0.39 is 0 Å². The van der Waals surface area contributed by atoms with Crippen LogP contribution in [0.3, 0.4) is 0 Å². The monoisotopic (exact) mass is 144 g/mol. The van der Waals surface area contributed by atoms with E-state index >= 15 is 0 Å². The third-order valence-electron chi connectivity index (χ3n) is 1.94. The minimum atomic E-state index is 0.805. The fraction of sp³-hybridized carbons (Fsp3) is 0.100. The molecule has 1 aromatic carbocycles. The fourth-order valence-electron chi connectivity index (χ4n) is 1.38. The summed E-state index contributed by atoms with van der Waals surface area (Å²) in [6.45, 7) is 0. The van der Waals surface area contributed by atoms with E-state index in [0.29, 0.717) is 0 Å². The summed E-state index contributed by atoms with van der Waals surface area (Å²) in [7, 11) is 0. The van der Waals surface area contributed by atoms with E-state index in [9.17, 15) is 4.79 Å². The van der Waals surface area contributed by atoms with Crippen molar-refractivity contribution in [1.29, 1.82) is 0 Å². The lowest BCUT2D eigenvalue weighted by Crippen LogP contribution is -1.83. The molecule has 0 N–H and O–H groups in total. The number of allylic oxidation sites excluding steroid dienone is 1. The molecule has 0 amide bonds. The first kappa shape index (κ1) is 6.35. The highest BCUT2D eigenvalue weighted by Crippen LogP contribution is 2.22. The van der Waals surface area contributed by atoms with Crippen molar-refractivity contribution in [2.75, 3.05) is 0 Å². The first-order chi connectivity index (χ1) is 5.40. The van der Waals surface area contributed by atoms with E-state index in [-0.39, 0.29) is 0 Å². The zero-order chi connectivity index (χ0) is 7.68. The van der Waals surface area contributed by atoms with Crippen LogP contribution in [0.25, 0.3) is 6.08 Å². The highest BCUT2D eigenvalue weighted by Gasteiger charge is 2.09. The van der Waals surface area contributed by atoms with Crippen molar-refractivity contribution in [3.05, 3.63) is 41.0 Å². The topological polar surface area (TPSA) is 17.1 Å². The van der Waals surface area contributed by atoms with Gasteiger partial charge < -0.3 is 0 Å². The largest absolute Gasteiger partial charge is 0.298 e. The summed E-state index contributed by atoms with van der Waals surface area (Å²) < 4.78 is 0. The molecule has 0 radical (unpaired) electrons. The van der Waals surface area contributed by atoms with Gasteiger partial charge in [0.15, 0.2) is 0 Å². The Labute approximate surface area is 65.4 Å². The van der Waals surface area contributed by atoms with Crippen LogP contribution in [0.2, 0.25) is 0 Å². The number of carbonyl (C=O) groups excluding carboxylic acids is 1. The van der Waals surface area contributed by atoms with Gasteiger partial charge in [0.25, 0.3) is 0 Å². The third kappa shape index (κ3) is 0.984. The molecule has 0 aliphatic heterocycles. The standard InChI is InChI=1S/C10H8O/c11-7-8-5-9-3-1-2-4-10(9)6-8/h1-5,7H,6H2. The molecule has 1 aliphatic carbocycles. The number of fused-ring (bicyclic) bond motifs is 1. The summed E-state index contributed by atoms with van der Waals surface area (Å²) >= 11 is 0. The van der Waals surface area contributed by atoms with Gasteiger partial charge in [0.1, 0.15) is 6.29 Å². The van der Waals surface area contributed by atoms with Crippen LogP contribution in [-0.2, 0) is 11.2 Å². The van der Waals surface area contributed by atoms with Crippen molar-refractivity contribution in [2.24, 2.45) is 0 Å². The van der Waals surface area contributed by atoms with Gasteiger partial charge in [0.05, 0.1) is 0 Å².